The van der Waals surface area contributed by atoms with Crippen molar-refractivity contribution in [2.24, 2.45) is 4.99 Å². The molecule has 0 aliphatic carbocycles. The number of hydrogen-bond donors (Lipinski definition) is 0. The van der Waals surface area contributed by atoms with Gasteiger partial charge in [0, 0.05) is 6.07 Å². The van der Waals surface area contributed by atoms with Crippen LogP contribution in [-0.2, 0) is 6.54 Å². The minimum Gasteiger partial charge on any atom is -0.361 e. The SMILES string of the molecule is C#CCn1c(=NC(=O)c2cc(C)on2)sc2cc(C(C)C)ccc21. The summed E-state index contributed by atoms with van der Waals surface area (Å²) >= 11 is 1.45. The van der Waals surface area contributed by atoms with E-state index in [1.165, 1.54) is 16.9 Å². The smallest absolute Gasteiger partial charge is 0.301 e. The summed E-state index contributed by atoms with van der Waals surface area (Å²) in [4.78, 5) is 17.1. The van der Waals surface area contributed by atoms with Crippen LogP contribution in [0.2, 0.25) is 0 Å². The van der Waals surface area contributed by atoms with Gasteiger partial charge in [0.1, 0.15) is 5.76 Å². The highest BCUT2D eigenvalue weighted by Crippen LogP contribution is 2.23. The van der Waals surface area contributed by atoms with Crippen molar-refractivity contribution in [1.29, 1.82) is 0 Å². The van der Waals surface area contributed by atoms with Crippen LogP contribution in [0.25, 0.3) is 10.2 Å². The van der Waals surface area contributed by atoms with Gasteiger partial charge in [0.25, 0.3) is 0 Å². The van der Waals surface area contributed by atoms with Crippen molar-refractivity contribution < 1.29 is 9.32 Å². The van der Waals surface area contributed by atoms with Crippen LogP contribution in [0.15, 0.2) is 33.8 Å². The number of nitrogens with zero attached hydrogens (tertiary/aromatic N) is 3. The monoisotopic (exact) mass is 339 g/mol. The van der Waals surface area contributed by atoms with Gasteiger partial charge >= 0.3 is 5.91 Å². The maximum Gasteiger partial charge on any atom is 0.301 e. The quantitative estimate of drug-likeness (QED) is 0.686. The second-order valence-corrected chi connectivity index (χ2v) is 6.81. The molecular weight excluding hydrogens is 322 g/mol. The van der Waals surface area contributed by atoms with Gasteiger partial charge in [0.15, 0.2) is 10.5 Å². The van der Waals surface area contributed by atoms with Crippen LogP contribution in [0.4, 0.5) is 0 Å². The molecule has 0 saturated carbocycles. The van der Waals surface area contributed by atoms with E-state index in [2.05, 4.69) is 42.0 Å². The predicted molar refractivity (Wildman–Crippen MR) is 93.9 cm³/mol. The normalized spacial score (nSPS) is 12.0. The van der Waals surface area contributed by atoms with E-state index in [0.717, 1.165) is 10.2 Å². The molecule has 5 nitrogen and oxygen atoms in total. The Balaban J connectivity index is 2.15. The van der Waals surface area contributed by atoms with E-state index in [-0.39, 0.29) is 5.69 Å². The summed E-state index contributed by atoms with van der Waals surface area (Å²) in [6.07, 6.45) is 5.48. The first-order valence-electron chi connectivity index (χ1n) is 7.58. The molecule has 0 unspecified atom stereocenters. The second-order valence-electron chi connectivity index (χ2n) is 5.80. The van der Waals surface area contributed by atoms with Gasteiger partial charge in [-0.05, 0) is 30.5 Å². The Bertz CT molecular complexity index is 1010. The van der Waals surface area contributed by atoms with Gasteiger partial charge in [0.05, 0.1) is 16.8 Å². The van der Waals surface area contributed by atoms with Crippen molar-refractivity contribution in [1.82, 2.24) is 9.72 Å². The van der Waals surface area contributed by atoms with Crippen LogP contribution in [0.3, 0.4) is 0 Å². The lowest BCUT2D eigenvalue weighted by Crippen LogP contribution is -2.16. The number of carbonyl (C=O) groups is 1. The number of terminal acetylenes is 1. The van der Waals surface area contributed by atoms with E-state index in [9.17, 15) is 4.79 Å². The third kappa shape index (κ3) is 3.03. The molecule has 122 valence electrons. The number of carbonyl (C=O) groups excluding carboxylic acids is 1. The Morgan fingerprint density at radius 1 is 1.46 bits per heavy atom. The topological polar surface area (TPSA) is 60.4 Å². The molecule has 0 aliphatic rings. The summed E-state index contributed by atoms with van der Waals surface area (Å²) in [5.74, 6) is 3.19. The zero-order valence-electron chi connectivity index (χ0n) is 13.7. The summed E-state index contributed by atoms with van der Waals surface area (Å²) in [5.41, 5.74) is 2.41. The van der Waals surface area contributed by atoms with Crippen molar-refractivity contribution in [3.8, 4) is 12.3 Å². The van der Waals surface area contributed by atoms with Crippen molar-refractivity contribution in [3.63, 3.8) is 0 Å². The van der Waals surface area contributed by atoms with Crippen molar-refractivity contribution in [3.05, 3.63) is 46.1 Å². The molecule has 1 amide bonds. The lowest BCUT2D eigenvalue weighted by atomic mass is 10.0. The van der Waals surface area contributed by atoms with Crippen LogP contribution >= 0.6 is 11.3 Å². The van der Waals surface area contributed by atoms with Crippen LogP contribution in [0, 0.1) is 19.3 Å². The number of amides is 1. The first kappa shape index (κ1) is 16.2. The molecule has 0 fully saturated rings. The van der Waals surface area contributed by atoms with Gasteiger partial charge < -0.3 is 9.09 Å². The fourth-order valence-electron chi connectivity index (χ4n) is 2.39. The Hall–Kier alpha value is -2.65. The molecule has 0 aliphatic heterocycles. The number of thiazole rings is 1. The molecule has 1 aromatic carbocycles. The standard InChI is InChI=1S/C18H17N3O2S/c1-5-8-21-15-7-6-13(11(2)3)10-16(15)24-18(21)19-17(22)14-9-12(4)23-20-14/h1,6-7,9-11H,8H2,2-4H3. The Morgan fingerprint density at radius 2 is 2.25 bits per heavy atom. The third-order valence-electron chi connectivity index (χ3n) is 3.67. The Labute approximate surface area is 143 Å². The number of rotatable bonds is 3. The van der Waals surface area contributed by atoms with E-state index in [1.807, 2.05) is 10.6 Å². The molecule has 0 radical (unpaired) electrons. The highest BCUT2D eigenvalue weighted by atomic mass is 32.1. The van der Waals surface area contributed by atoms with Crippen LogP contribution in [0.5, 0.6) is 0 Å². The van der Waals surface area contributed by atoms with E-state index in [4.69, 9.17) is 10.9 Å². The van der Waals surface area contributed by atoms with Gasteiger partial charge in [-0.15, -0.1) is 6.42 Å². The Morgan fingerprint density at radius 3 is 2.88 bits per heavy atom. The zero-order chi connectivity index (χ0) is 17.3. The molecule has 24 heavy (non-hydrogen) atoms. The number of benzene rings is 1. The van der Waals surface area contributed by atoms with Crippen molar-refractivity contribution >= 4 is 27.5 Å². The molecule has 0 atom stereocenters. The van der Waals surface area contributed by atoms with E-state index in [0.29, 0.717) is 23.0 Å². The fourth-order valence-corrected chi connectivity index (χ4v) is 3.47. The Kier molecular flexibility index (Phi) is 4.36. The zero-order valence-corrected chi connectivity index (χ0v) is 14.6. The summed E-state index contributed by atoms with van der Waals surface area (Å²) in [6, 6.07) is 7.81. The lowest BCUT2D eigenvalue weighted by molar-refractivity contribution is 0.0989. The summed E-state index contributed by atoms with van der Waals surface area (Å²) in [6.45, 7) is 6.37. The predicted octanol–water partition coefficient (Wildman–Crippen LogP) is 3.50. The average molecular weight is 339 g/mol. The highest BCUT2D eigenvalue weighted by Gasteiger charge is 2.13. The van der Waals surface area contributed by atoms with Gasteiger partial charge in [-0.3, -0.25) is 4.79 Å². The van der Waals surface area contributed by atoms with Crippen LogP contribution < -0.4 is 4.80 Å². The summed E-state index contributed by atoms with van der Waals surface area (Å²) in [7, 11) is 0. The number of hydrogen-bond acceptors (Lipinski definition) is 4. The molecule has 0 bridgehead atoms. The van der Waals surface area contributed by atoms with Crippen LogP contribution in [0.1, 0.15) is 41.6 Å². The summed E-state index contributed by atoms with van der Waals surface area (Å²) in [5, 5.41) is 3.72. The van der Waals surface area contributed by atoms with Gasteiger partial charge in [0.2, 0.25) is 0 Å². The average Bonchev–Trinajstić information content (AvgIpc) is 3.11. The van der Waals surface area contributed by atoms with Gasteiger partial charge in [-0.1, -0.05) is 42.3 Å². The lowest BCUT2D eigenvalue weighted by Gasteiger charge is -2.05. The van der Waals surface area contributed by atoms with Crippen molar-refractivity contribution in [2.45, 2.75) is 33.2 Å². The molecule has 6 heteroatoms. The van der Waals surface area contributed by atoms with E-state index >= 15 is 0 Å². The molecule has 0 N–H and O–H groups in total. The van der Waals surface area contributed by atoms with Crippen molar-refractivity contribution in [2.75, 3.05) is 0 Å². The highest BCUT2D eigenvalue weighted by molar-refractivity contribution is 7.16. The minimum atomic E-state index is -0.437. The molecule has 2 aromatic heterocycles. The maximum absolute atomic E-state index is 12.3. The number of fused-ring (bicyclic) bond motifs is 1. The van der Waals surface area contributed by atoms with E-state index < -0.39 is 5.91 Å². The molecule has 0 saturated heterocycles. The minimum absolute atomic E-state index is 0.195. The fraction of sp³-hybridized carbons (Fsp3) is 0.278. The second kappa shape index (κ2) is 6.46. The largest absolute Gasteiger partial charge is 0.361 e. The van der Waals surface area contributed by atoms with E-state index in [1.54, 1.807) is 13.0 Å². The third-order valence-corrected chi connectivity index (χ3v) is 4.71. The first-order valence-corrected chi connectivity index (χ1v) is 8.40. The number of aromatic nitrogens is 2. The molecule has 3 rings (SSSR count). The molecule has 3 aromatic rings. The van der Waals surface area contributed by atoms with Crippen LogP contribution in [-0.4, -0.2) is 15.6 Å². The number of aryl methyl sites for hydroxylation is 1. The molecule has 0 spiro atoms. The first-order chi connectivity index (χ1) is 11.5. The molecule has 2 heterocycles. The van der Waals surface area contributed by atoms with Gasteiger partial charge in [-0.25, -0.2) is 0 Å². The van der Waals surface area contributed by atoms with Gasteiger partial charge in [-0.2, -0.15) is 4.99 Å². The molecular formula is C18H17N3O2S. The summed E-state index contributed by atoms with van der Waals surface area (Å²) < 4.78 is 7.86. The maximum atomic E-state index is 12.3.